The van der Waals surface area contributed by atoms with Crippen LogP contribution in [-0.4, -0.2) is 81.1 Å². The first-order chi connectivity index (χ1) is 18.8. The second-order valence-corrected chi connectivity index (χ2v) is 12.9. The van der Waals surface area contributed by atoms with E-state index >= 15 is 0 Å². The number of rotatable bonds is 8. The van der Waals surface area contributed by atoms with Crippen LogP contribution < -0.4 is 20.1 Å². The van der Waals surface area contributed by atoms with Crippen molar-refractivity contribution >= 4 is 39.1 Å². The van der Waals surface area contributed by atoms with Crippen LogP contribution in [0.15, 0.2) is 18.3 Å². The molecule has 5 rings (SSSR count). The van der Waals surface area contributed by atoms with E-state index < -0.39 is 10.0 Å². The number of aryl methyl sites for hydroxylation is 2. The third-order valence-corrected chi connectivity index (χ3v) is 9.03. The lowest BCUT2D eigenvalue weighted by Crippen LogP contribution is -2.48. The van der Waals surface area contributed by atoms with Crippen LogP contribution in [0.5, 0.6) is 5.75 Å². The fourth-order valence-electron chi connectivity index (χ4n) is 6.04. The van der Waals surface area contributed by atoms with Gasteiger partial charge in [-0.3, -0.25) is 4.90 Å². The smallest absolute Gasteiger partial charge is 0.229 e. The molecule has 1 aromatic heterocycles. The Bertz CT molecular complexity index is 1260. The zero-order chi connectivity index (χ0) is 27.4. The number of nitrogens with one attached hydrogen (secondary N) is 3. The predicted octanol–water partition coefficient (Wildman–Crippen LogP) is 3.73. The number of hydrogen-bond acceptors (Lipinski definition) is 9. The van der Waals surface area contributed by atoms with E-state index in [1.807, 2.05) is 0 Å². The van der Waals surface area contributed by atoms with Crippen molar-refractivity contribution in [2.24, 2.45) is 0 Å². The van der Waals surface area contributed by atoms with Gasteiger partial charge in [0.25, 0.3) is 0 Å². The molecular weight excluding hydrogens is 540 g/mol. The van der Waals surface area contributed by atoms with Crippen molar-refractivity contribution in [2.45, 2.75) is 69.5 Å². The number of fused-ring (bicyclic) bond motifs is 1. The van der Waals surface area contributed by atoms with Crippen LogP contribution in [0.3, 0.4) is 0 Å². The highest BCUT2D eigenvalue weighted by Gasteiger charge is 2.29. The van der Waals surface area contributed by atoms with Crippen LogP contribution in [0.1, 0.15) is 49.7 Å². The predicted molar refractivity (Wildman–Crippen MR) is 154 cm³/mol. The van der Waals surface area contributed by atoms with Crippen LogP contribution >= 0.6 is 11.6 Å². The fourth-order valence-corrected chi connectivity index (χ4v) is 7.02. The van der Waals surface area contributed by atoms with Crippen LogP contribution in [0, 0.1) is 0 Å². The average molecular weight is 579 g/mol. The Kier molecular flexibility index (Phi) is 9.13. The molecule has 3 N–H and O–H groups in total. The molecule has 1 saturated carbocycles. The minimum absolute atomic E-state index is 0.116. The lowest BCUT2D eigenvalue weighted by molar-refractivity contribution is 0.0136. The summed E-state index contributed by atoms with van der Waals surface area (Å²) in [4.78, 5) is 11.6. The molecule has 2 aliphatic carbocycles. The molecular formula is C27H39ClN6O4S. The summed E-state index contributed by atoms with van der Waals surface area (Å²) < 4.78 is 37.8. The van der Waals surface area contributed by atoms with E-state index in [9.17, 15) is 8.42 Å². The van der Waals surface area contributed by atoms with Crippen molar-refractivity contribution < 1.29 is 17.9 Å². The second-order valence-electron chi connectivity index (χ2n) is 10.7. The highest BCUT2D eigenvalue weighted by Crippen LogP contribution is 2.35. The molecule has 2 heterocycles. The Morgan fingerprint density at radius 3 is 2.44 bits per heavy atom. The molecule has 1 unspecified atom stereocenters. The van der Waals surface area contributed by atoms with Crippen LogP contribution in [0.2, 0.25) is 5.02 Å². The number of benzene rings is 1. The van der Waals surface area contributed by atoms with Gasteiger partial charge in [-0.15, -0.1) is 0 Å². The zero-order valence-corrected chi connectivity index (χ0v) is 24.3. The Morgan fingerprint density at radius 2 is 1.74 bits per heavy atom. The second kappa shape index (κ2) is 12.6. The first-order valence-corrected chi connectivity index (χ1v) is 16.1. The normalized spacial score (nSPS) is 24.4. The maximum Gasteiger partial charge on any atom is 0.229 e. The van der Waals surface area contributed by atoms with Gasteiger partial charge in [-0.1, -0.05) is 24.4 Å². The van der Waals surface area contributed by atoms with Crippen molar-refractivity contribution in [3.8, 4) is 5.75 Å². The molecule has 1 aliphatic heterocycles. The standard InChI is InChI=1S/C27H39ClN6O4S/c1-37-25-16-19-8-10-20(34-11-13-38-14-12-34)9-7-18(19)15-24(25)31-27-29-17-21(28)26(32-27)30-22-5-3-4-6-23(22)33-39(2,35)36/h15-17,20,22-23,33H,3-14H2,1-2H3,(H2,29,30,31,32)/t20?,22-,23-/m1/s1. The first-order valence-electron chi connectivity index (χ1n) is 13.8. The number of anilines is 3. The van der Waals surface area contributed by atoms with E-state index in [2.05, 4.69) is 42.4 Å². The van der Waals surface area contributed by atoms with E-state index in [1.54, 1.807) is 13.3 Å². The number of nitrogens with zero attached hydrogens (tertiary/aromatic N) is 3. The van der Waals surface area contributed by atoms with E-state index in [4.69, 9.17) is 21.1 Å². The molecule has 1 aromatic carbocycles. The first kappa shape index (κ1) is 28.4. The molecule has 2 aromatic rings. The zero-order valence-electron chi connectivity index (χ0n) is 22.7. The summed E-state index contributed by atoms with van der Waals surface area (Å²) in [5.74, 6) is 1.61. The number of aromatic nitrogens is 2. The summed E-state index contributed by atoms with van der Waals surface area (Å²) in [5, 5.41) is 7.10. The number of ether oxygens (including phenoxy) is 2. The molecule has 0 bridgehead atoms. The molecule has 3 aliphatic rings. The highest BCUT2D eigenvalue weighted by molar-refractivity contribution is 7.88. The summed E-state index contributed by atoms with van der Waals surface area (Å²) in [6.45, 7) is 3.65. The minimum atomic E-state index is -3.33. The summed E-state index contributed by atoms with van der Waals surface area (Å²) in [6.07, 6.45) is 10.6. The number of morpholine rings is 1. The lowest BCUT2D eigenvalue weighted by Gasteiger charge is -2.33. The number of methoxy groups -OCH3 is 1. The summed E-state index contributed by atoms with van der Waals surface area (Å²) in [7, 11) is -1.65. The van der Waals surface area contributed by atoms with Crippen molar-refractivity contribution in [1.82, 2.24) is 19.6 Å². The van der Waals surface area contributed by atoms with E-state index in [0.29, 0.717) is 22.8 Å². The van der Waals surface area contributed by atoms with Crippen molar-refractivity contribution in [3.05, 3.63) is 34.5 Å². The van der Waals surface area contributed by atoms with Gasteiger partial charge in [0.05, 0.1) is 38.5 Å². The minimum Gasteiger partial charge on any atom is -0.495 e. The Morgan fingerprint density at radius 1 is 1.05 bits per heavy atom. The molecule has 1 saturated heterocycles. The molecule has 214 valence electrons. The molecule has 3 atom stereocenters. The van der Waals surface area contributed by atoms with Crippen molar-refractivity contribution in [2.75, 3.05) is 50.3 Å². The van der Waals surface area contributed by atoms with E-state index in [1.165, 1.54) is 17.4 Å². The van der Waals surface area contributed by atoms with Gasteiger partial charge in [-0.05, 0) is 61.8 Å². The Labute approximate surface area is 236 Å². The van der Waals surface area contributed by atoms with E-state index in [-0.39, 0.29) is 12.1 Å². The van der Waals surface area contributed by atoms with Gasteiger partial charge in [0.1, 0.15) is 10.8 Å². The molecule has 0 spiro atoms. The van der Waals surface area contributed by atoms with Gasteiger partial charge in [0.2, 0.25) is 16.0 Å². The summed E-state index contributed by atoms with van der Waals surface area (Å²) in [6, 6.07) is 4.53. The van der Waals surface area contributed by atoms with Gasteiger partial charge < -0.3 is 20.1 Å². The van der Waals surface area contributed by atoms with Gasteiger partial charge in [-0.2, -0.15) is 4.98 Å². The molecule has 39 heavy (non-hydrogen) atoms. The molecule has 2 fully saturated rings. The van der Waals surface area contributed by atoms with Gasteiger partial charge in [0.15, 0.2) is 5.82 Å². The molecule has 0 radical (unpaired) electrons. The number of hydrogen-bond donors (Lipinski definition) is 3. The average Bonchev–Trinajstić information content (AvgIpc) is 3.13. The summed E-state index contributed by atoms with van der Waals surface area (Å²) in [5.41, 5.74) is 3.45. The molecule has 10 nitrogen and oxygen atoms in total. The number of halogens is 1. The van der Waals surface area contributed by atoms with E-state index in [0.717, 1.165) is 89.1 Å². The monoisotopic (exact) mass is 578 g/mol. The van der Waals surface area contributed by atoms with Gasteiger partial charge in [-0.25, -0.2) is 18.1 Å². The quantitative estimate of drug-likeness (QED) is 0.403. The molecule has 0 amide bonds. The topological polar surface area (TPSA) is 118 Å². The molecule has 12 heteroatoms. The summed E-state index contributed by atoms with van der Waals surface area (Å²) >= 11 is 6.46. The highest BCUT2D eigenvalue weighted by atomic mass is 35.5. The largest absolute Gasteiger partial charge is 0.495 e. The third-order valence-electron chi connectivity index (χ3n) is 8.02. The van der Waals surface area contributed by atoms with Gasteiger partial charge >= 0.3 is 0 Å². The Hall–Kier alpha value is -2.18. The maximum atomic E-state index is 11.9. The fraction of sp³-hybridized carbons (Fsp3) is 0.630. The lowest BCUT2D eigenvalue weighted by atomic mass is 9.91. The van der Waals surface area contributed by atoms with Crippen molar-refractivity contribution in [3.63, 3.8) is 0 Å². The van der Waals surface area contributed by atoms with Crippen LogP contribution in [-0.2, 0) is 27.6 Å². The third kappa shape index (κ3) is 7.32. The number of sulfonamides is 1. The SMILES string of the molecule is COc1cc2c(cc1Nc1ncc(Cl)c(N[C@@H]3CCCC[C@H]3NS(C)(=O)=O)n1)CCC(N1CCOCC1)CC2. The van der Waals surface area contributed by atoms with Gasteiger partial charge in [0, 0.05) is 31.2 Å². The maximum absolute atomic E-state index is 11.9. The van der Waals surface area contributed by atoms with Crippen LogP contribution in [0.4, 0.5) is 17.5 Å². The Balaban J connectivity index is 1.32. The van der Waals surface area contributed by atoms with Crippen molar-refractivity contribution in [1.29, 1.82) is 0 Å². The van der Waals surface area contributed by atoms with Crippen LogP contribution in [0.25, 0.3) is 0 Å².